The molecule has 0 fully saturated rings. The van der Waals surface area contributed by atoms with Gasteiger partial charge in [0.1, 0.15) is 19.0 Å². The standard InChI is InChI=1S/C13H13N5O2/c14-8-5-15-18(6-8)7-13-16-9-3-11-12(4-10(9)17-13)20-2-1-19-11/h3-6H,1-2,7,14H2,(H,16,17). The summed E-state index contributed by atoms with van der Waals surface area (Å²) in [6, 6.07) is 3.80. The van der Waals surface area contributed by atoms with Gasteiger partial charge in [-0.2, -0.15) is 5.10 Å². The van der Waals surface area contributed by atoms with Crippen LogP contribution in [0.3, 0.4) is 0 Å². The Morgan fingerprint density at radius 1 is 1.25 bits per heavy atom. The van der Waals surface area contributed by atoms with Crippen LogP contribution in [-0.2, 0) is 6.54 Å². The second-order valence-corrected chi connectivity index (χ2v) is 4.67. The van der Waals surface area contributed by atoms with E-state index in [1.807, 2.05) is 12.1 Å². The van der Waals surface area contributed by atoms with Crippen LogP contribution in [0.4, 0.5) is 5.69 Å². The third-order valence-corrected chi connectivity index (χ3v) is 3.16. The predicted molar refractivity (Wildman–Crippen MR) is 72.8 cm³/mol. The highest BCUT2D eigenvalue weighted by Gasteiger charge is 2.15. The number of H-pyrrole nitrogens is 1. The Kier molecular flexibility index (Phi) is 2.32. The molecule has 0 saturated carbocycles. The number of nitrogens with zero attached hydrogens (tertiary/aromatic N) is 3. The van der Waals surface area contributed by atoms with E-state index < -0.39 is 0 Å². The van der Waals surface area contributed by atoms with Crippen molar-refractivity contribution < 1.29 is 9.47 Å². The molecule has 0 amide bonds. The number of aromatic amines is 1. The highest BCUT2D eigenvalue weighted by molar-refractivity contribution is 5.79. The number of nitrogens with two attached hydrogens (primary N) is 1. The van der Waals surface area contributed by atoms with Gasteiger partial charge in [-0.3, -0.25) is 4.68 Å². The summed E-state index contributed by atoms with van der Waals surface area (Å²) in [5.74, 6) is 2.30. The van der Waals surface area contributed by atoms with Crippen LogP contribution in [0.1, 0.15) is 5.82 Å². The van der Waals surface area contributed by atoms with Gasteiger partial charge in [0.2, 0.25) is 0 Å². The number of aromatic nitrogens is 4. The zero-order valence-corrected chi connectivity index (χ0v) is 10.7. The highest BCUT2D eigenvalue weighted by atomic mass is 16.6. The van der Waals surface area contributed by atoms with E-state index >= 15 is 0 Å². The molecule has 7 nitrogen and oxygen atoms in total. The van der Waals surface area contributed by atoms with E-state index in [-0.39, 0.29) is 0 Å². The minimum atomic E-state index is 0.540. The molecule has 2 aromatic heterocycles. The van der Waals surface area contributed by atoms with Gasteiger partial charge in [-0.25, -0.2) is 4.98 Å². The van der Waals surface area contributed by atoms with Crippen molar-refractivity contribution in [2.45, 2.75) is 6.54 Å². The van der Waals surface area contributed by atoms with Crippen molar-refractivity contribution in [3.63, 3.8) is 0 Å². The molecule has 0 bridgehead atoms. The van der Waals surface area contributed by atoms with Crippen molar-refractivity contribution in [2.24, 2.45) is 0 Å². The summed E-state index contributed by atoms with van der Waals surface area (Å²) in [6.07, 6.45) is 3.38. The molecular weight excluding hydrogens is 258 g/mol. The minimum absolute atomic E-state index is 0.540. The molecule has 4 rings (SSSR count). The molecule has 0 radical (unpaired) electrons. The van der Waals surface area contributed by atoms with E-state index in [9.17, 15) is 0 Å². The monoisotopic (exact) mass is 271 g/mol. The summed E-state index contributed by atoms with van der Waals surface area (Å²) in [5.41, 5.74) is 8.05. The molecular formula is C13H13N5O2. The van der Waals surface area contributed by atoms with Crippen LogP contribution in [0.5, 0.6) is 11.5 Å². The molecule has 102 valence electrons. The summed E-state index contributed by atoms with van der Waals surface area (Å²) in [7, 11) is 0. The number of hydrogen-bond acceptors (Lipinski definition) is 5. The van der Waals surface area contributed by atoms with Crippen LogP contribution in [0.15, 0.2) is 24.5 Å². The van der Waals surface area contributed by atoms with E-state index in [2.05, 4.69) is 15.1 Å². The van der Waals surface area contributed by atoms with Gasteiger partial charge in [0.25, 0.3) is 0 Å². The van der Waals surface area contributed by atoms with Crippen LogP contribution in [0, 0.1) is 0 Å². The molecule has 3 heterocycles. The van der Waals surface area contributed by atoms with Crippen molar-refractivity contribution in [3.05, 3.63) is 30.4 Å². The molecule has 0 spiro atoms. The molecule has 0 unspecified atom stereocenters. The predicted octanol–water partition coefficient (Wildman–Crippen LogP) is 1.16. The molecule has 0 atom stereocenters. The lowest BCUT2D eigenvalue weighted by molar-refractivity contribution is 0.172. The van der Waals surface area contributed by atoms with Gasteiger partial charge >= 0.3 is 0 Å². The third kappa shape index (κ3) is 1.83. The number of nitrogens with one attached hydrogen (secondary N) is 1. The van der Waals surface area contributed by atoms with Crippen LogP contribution in [0.25, 0.3) is 11.0 Å². The van der Waals surface area contributed by atoms with Crippen molar-refractivity contribution >= 4 is 16.7 Å². The highest BCUT2D eigenvalue weighted by Crippen LogP contribution is 2.33. The average Bonchev–Trinajstić information content (AvgIpc) is 3.01. The van der Waals surface area contributed by atoms with Crippen LogP contribution >= 0.6 is 0 Å². The summed E-state index contributed by atoms with van der Waals surface area (Å²) in [6.45, 7) is 1.69. The number of benzene rings is 1. The number of ether oxygens (including phenoxy) is 2. The lowest BCUT2D eigenvalue weighted by atomic mass is 10.2. The SMILES string of the molecule is Nc1cnn(Cc2nc3cc4c(cc3[nH]2)OCCO4)c1. The average molecular weight is 271 g/mol. The van der Waals surface area contributed by atoms with Crippen LogP contribution in [0.2, 0.25) is 0 Å². The second-order valence-electron chi connectivity index (χ2n) is 4.67. The first-order chi connectivity index (χ1) is 9.78. The van der Waals surface area contributed by atoms with Crippen molar-refractivity contribution in [3.8, 4) is 11.5 Å². The van der Waals surface area contributed by atoms with E-state index in [0.717, 1.165) is 28.4 Å². The molecule has 1 aliphatic heterocycles. The Hall–Kier alpha value is -2.70. The molecule has 20 heavy (non-hydrogen) atoms. The largest absolute Gasteiger partial charge is 0.486 e. The van der Waals surface area contributed by atoms with Gasteiger partial charge in [0.05, 0.1) is 29.5 Å². The molecule has 1 aromatic carbocycles. The van der Waals surface area contributed by atoms with Crippen LogP contribution in [-0.4, -0.2) is 33.0 Å². The third-order valence-electron chi connectivity index (χ3n) is 3.16. The van der Waals surface area contributed by atoms with Crippen molar-refractivity contribution in [1.29, 1.82) is 0 Å². The number of rotatable bonds is 2. The fourth-order valence-electron chi connectivity index (χ4n) is 2.29. The van der Waals surface area contributed by atoms with Gasteiger partial charge < -0.3 is 20.2 Å². The Morgan fingerprint density at radius 3 is 2.80 bits per heavy atom. The summed E-state index contributed by atoms with van der Waals surface area (Å²) >= 11 is 0. The first-order valence-corrected chi connectivity index (χ1v) is 6.34. The zero-order valence-electron chi connectivity index (χ0n) is 10.7. The Balaban J connectivity index is 1.71. The fraction of sp³-hybridized carbons (Fsp3) is 0.231. The maximum Gasteiger partial charge on any atom is 0.163 e. The van der Waals surface area contributed by atoms with E-state index in [0.29, 0.717) is 25.4 Å². The van der Waals surface area contributed by atoms with Gasteiger partial charge in [-0.1, -0.05) is 0 Å². The lowest BCUT2D eigenvalue weighted by Crippen LogP contribution is -2.15. The maximum absolute atomic E-state index is 5.64. The Morgan fingerprint density at radius 2 is 2.05 bits per heavy atom. The minimum Gasteiger partial charge on any atom is -0.486 e. The van der Waals surface area contributed by atoms with E-state index in [1.165, 1.54) is 0 Å². The number of fused-ring (bicyclic) bond motifs is 2. The van der Waals surface area contributed by atoms with Crippen molar-refractivity contribution in [1.82, 2.24) is 19.7 Å². The molecule has 1 aliphatic rings. The lowest BCUT2D eigenvalue weighted by Gasteiger charge is -2.17. The molecule has 0 saturated heterocycles. The van der Waals surface area contributed by atoms with Crippen LogP contribution < -0.4 is 15.2 Å². The number of nitrogen functional groups attached to an aromatic ring is 1. The van der Waals surface area contributed by atoms with E-state index in [4.69, 9.17) is 15.2 Å². The van der Waals surface area contributed by atoms with Gasteiger partial charge in [0.15, 0.2) is 11.5 Å². The number of hydrogen-bond donors (Lipinski definition) is 2. The first-order valence-electron chi connectivity index (χ1n) is 6.34. The second kappa shape index (κ2) is 4.16. The quantitative estimate of drug-likeness (QED) is 0.730. The maximum atomic E-state index is 5.64. The van der Waals surface area contributed by atoms with Gasteiger partial charge in [-0.05, 0) is 0 Å². The summed E-state index contributed by atoms with van der Waals surface area (Å²) < 4.78 is 12.8. The topological polar surface area (TPSA) is 91.0 Å². The molecule has 7 heteroatoms. The fourth-order valence-corrected chi connectivity index (χ4v) is 2.29. The Bertz CT molecular complexity index is 733. The number of imidazole rings is 1. The molecule has 3 aromatic rings. The van der Waals surface area contributed by atoms with E-state index in [1.54, 1.807) is 17.1 Å². The normalized spacial score (nSPS) is 13.8. The smallest absolute Gasteiger partial charge is 0.163 e. The first kappa shape index (κ1) is 11.2. The van der Waals surface area contributed by atoms with Crippen molar-refractivity contribution in [2.75, 3.05) is 18.9 Å². The number of anilines is 1. The zero-order chi connectivity index (χ0) is 13.5. The Labute approximate surface area is 114 Å². The summed E-state index contributed by atoms with van der Waals surface area (Å²) in [4.78, 5) is 7.79. The molecule has 0 aliphatic carbocycles. The van der Waals surface area contributed by atoms with Gasteiger partial charge in [0, 0.05) is 18.3 Å². The summed E-state index contributed by atoms with van der Waals surface area (Å²) in [5, 5.41) is 4.14. The molecule has 3 N–H and O–H groups in total. The van der Waals surface area contributed by atoms with Gasteiger partial charge in [-0.15, -0.1) is 0 Å².